The fourth-order valence-electron chi connectivity index (χ4n) is 0.651. The average molecular weight is 288 g/mol. The first-order valence-electron chi connectivity index (χ1n) is 2.91. The number of rotatable bonds is 1. The van der Waals surface area contributed by atoms with Crippen molar-refractivity contribution in [2.45, 2.75) is 6.43 Å². The van der Waals surface area contributed by atoms with Crippen molar-refractivity contribution in [3.8, 4) is 0 Å². The Morgan fingerprint density at radius 3 is 2.58 bits per heavy atom. The number of anilines is 1. The summed E-state index contributed by atoms with van der Waals surface area (Å²) in [6.45, 7) is 0. The van der Waals surface area contributed by atoms with Crippen LogP contribution in [0.5, 0.6) is 0 Å². The highest BCUT2D eigenvalue weighted by atomic mass is 127. The molecule has 1 aromatic heterocycles. The third-order valence-electron chi connectivity index (χ3n) is 1.26. The van der Waals surface area contributed by atoms with Crippen molar-refractivity contribution < 1.29 is 13.2 Å². The van der Waals surface area contributed by atoms with E-state index >= 15 is 0 Å². The predicted molar refractivity (Wildman–Crippen MR) is 46.3 cm³/mol. The summed E-state index contributed by atoms with van der Waals surface area (Å²) >= 11 is 1.67. The summed E-state index contributed by atoms with van der Waals surface area (Å²) in [5, 5.41) is 0. The first kappa shape index (κ1) is 9.56. The van der Waals surface area contributed by atoms with Crippen LogP contribution in [0.1, 0.15) is 12.0 Å². The van der Waals surface area contributed by atoms with E-state index in [2.05, 4.69) is 4.98 Å². The molecule has 1 heterocycles. The van der Waals surface area contributed by atoms with Gasteiger partial charge in [0, 0.05) is 6.20 Å². The van der Waals surface area contributed by atoms with Crippen LogP contribution in [0.4, 0.5) is 18.9 Å². The molecule has 0 saturated carbocycles. The van der Waals surface area contributed by atoms with E-state index in [-0.39, 0.29) is 9.39 Å². The Balaban J connectivity index is 3.27. The van der Waals surface area contributed by atoms with Crippen molar-refractivity contribution in [2.75, 3.05) is 5.73 Å². The molecule has 0 aromatic carbocycles. The van der Waals surface area contributed by atoms with Crippen LogP contribution in [0.15, 0.2) is 6.20 Å². The lowest BCUT2D eigenvalue weighted by molar-refractivity contribution is 0.146. The SMILES string of the molecule is Nc1c(I)ncc(C(F)F)c1F. The number of pyridine rings is 1. The second-order valence-electron chi connectivity index (χ2n) is 2.03. The Kier molecular flexibility index (Phi) is 2.76. The van der Waals surface area contributed by atoms with E-state index in [1.165, 1.54) is 0 Å². The summed E-state index contributed by atoms with van der Waals surface area (Å²) in [6, 6.07) is 0. The van der Waals surface area contributed by atoms with Gasteiger partial charge < -0.3 is 5.73 Å². The van der Waals surface area contributed by atoms with Crippen molar-refractivity contribution in [3.05, 3.63) is 21.3 Å². The maximum absolute atomic E-state index is 12.9. The molecule has 0 bridgehead atoms. The lowest BCUT2D eigenvalue weighted by Crippen LogP contribution is -2.02. The molecule has 0 fully saturated rings. The normalized spacial score (nSPS) is 10.8. The van der Waals surface area contributed by atoms with Crippen LogP contribution in [0.2, 0.25) is 0 Å². The lowest BCUT2D eigenvalue weighted by Gasteiger charge is -2.04. The summed E-state index contributed by atoms with van der Waals surface area (Å²) in [5.41, 5.74) is 4.06. The quantitative estimate of drug-likeness (QED) is 0.636. The number of hydrogen-bond acceptors (Lipinski definition) is 2. The number of halogens is 4. The molecule has 1 rings (SSSR count). The minimum atomic E-state index is -2.88. The Labute approximate surface area is 80.1 Å². The smallest absolute Gasteiger partial charge is 0.268 e. The zero-order valence-electron chi connectivity index (χ0n) is 5.69. The average Bonchev–Trinajstić information content (AvgIpc) is 2.00. The molecule has 12 heavy (non-hydrogen) atoms. The highest BCUT2D eigenvalue weighted by Gasteiger charge is 2.17. The van der Waals surface area contributed by atoms with Gasteiger partial charge in [0.25, 0.3) is 6.43 Å². The summed E-state index contributed by atoms with van der Waals surface area (Å²) in [5.74, 6) is -1.08. The Morgan fingerprint density at radius 2 is 2.08 bits per heavy atom. The molecule has 0 amide bonds. The van der Waals surface area contributed by atoms with E-state index in [1.54, 1.807) is 22.6 Å². The molecule has 0 spiro atoms. The molecule has 1 aromatic rings. The first-order valence-corrected chi connectivity index (χ1v) is 3.99. The van der Waals surface area contributed by atoms with Gasteiger partial charge in [0.15, 0.2) is 5.82 Å². The first-order chi connectivity index (χ1) is 5.54. The molecule has 66 valence electrons. The van der Waals surface area contributed by atoms with Crippen LogP contribution in [0.25, 0.3) is 0 Å². The lowest BCUT2D eigenvalue weighted by atomic mass is 10.2. The van der Waals surface area contributed by atoms with Crippen LogP contribution in [0, 0.1) is 9.52 Å². The van der Waals surface area contributed by atoms with E-state index in [9.17, 15) is 13.2 Å². The molecule has 0 aliphatic carbocycles. The molecule has 0 aliphatic heterocycles. The zero-order valence-corrected chi connectivity index (χ0v) is 7.85. The molecule has 0 atom stereocenters. The topological polar surface area (TPSA) is 38.9 Å². The summed E-state index contributed by atoms with van der Waals surface area (Å²) in [4.78, 5) is 3.50. The second kappa shape index (κ2) is 3.46. The van der Waals surface area contributed by atoms with Crippen LogP contribution < -0.4 is 5.73 Å². The van der Waals surface area contributed by atoms with Crippen molar-refractivity contribution in [2.24, 2.45) is 0 Å². The molecule has 6 heteroatoms. The van der Waals surface area contributed by atoms with Gasteiger partial charge in [-0.1, -0.05) is 0 Å². The zero-order chi connectivity index (χ0) is 9.30. The Morgan fingerprint density at radius 1 is 1.50 bits per heavy atom. The molecule has 2 nitrogen and oxygen atoms in total. The molecule has 0 aliphatic rings. The summed E-state index contributed by atoms with van der Waals surface area (Å²) in [7, 11) is 0. The van der Waals surface area contributed by atoms with Gasteiger partial charge in [-0.05, 0) is 22.6 Å². The van der Waals surface area contributed by atoms with E-state index in [1.807, 2.05) is 0 Å². The third-order valence-corrected chi connectivity index (χ3v) is 2.12. The minimum Gasteiger partial charge on any atom is -0.394 e. The standard InChI is InChI=1S/C6H4F3IN2/c7-3-2(5(8)9)1-12-6(10)4(3)11/h1,5H,11H2. The molecular weight excluding hydrogens is 284 g/mol. The minimum absolute atomic E-state index is 0.189. The molecule has 0 radical (unpaired) electrons. The van der Waals surface area contributed by atoms with Crippen molar-refractivity contribution in [1.82, 2.24) is 4.98 Å². The van der Waals surface area contributed by atoms with Crippen molar-refractivity contribution >= 4 is 28.3 Å². The molecule has 0 unspecified atom stereocenters. The van der Waals surface area contributed by atoms with Crippen molar-refractivity contribution in [1.29, 1.82) is 0 Å². The van der Waals surface area contributed by atoms with E-state index in [0.717, 1.165) is 6.20 Å². The van der Waals surface area contributed by atoms with Gasteiger partial charge in [-0.3, -0.25) is 0 Å². The number of aromatic nitrogens is 1. The van der Waals surface area contributed by atoms with Crippen LogP contribution >= 0.6 is 22.6 Å². The molecule has 0 saturated heterocycles. The van der Waals surface area contributed by atoms with Gasteiger partial charge in [-0.25, -0.2) is 18.2 Å². The van der Waals surface area contributed by atoms with Gasteiger partial charge in [0.2, 0.25) is 0 Å². The fraction of sp³-hybridized carbons (Fsp3) is 0.167. The van der Waals surface area contributed by atoms with Gasteiger partial charge in [0.05, 0.1) is 5.56 Å². The van der Waals surface area contributed by atoms with Crippen molar-refractivity contribution in [3.63, 3.8) is 0 Å². The number of nitrogens with zero attached hydrogens (tertiary/aromatic N) is 1. The van der Waals surface area contributed by atoms with E-state index in [4.69, 9.17) is 5.73 Å². The maximum Gasteiger partial charge on any atom is 0.268 e. The molecular formula is C6H4F3IN2. The third kappa shape index (κ3) is 1.62. The largest absolute Gasteiger partial charge is 0.394 e. The monoisotopic (exact) mass is 288 g/mol. The highest BCUT2D eigenvalue weighted by molar-refractivity contribution is 14.1. The van der Waals surface area contributed by atoms with Gasteiger partial charge in [-0.2, -0.15) is 0 Å². The van der Waals surface area contributed by atoms with E-state index < -0.39 is 17.8 Å². The Hall–Kier alpha value is -0.530. The van der Waals surface area contributed by atoms with Crippen LogP contribution in [-0.4, -0.2) is 4.98 Å². The van der Waals surface area contributed by atoms with Gasteiger partial charge in [-0.15, -0.1) is 0 Å². The molecule has 2 N–H and O–H groups in total. The number of hydrogen-bond donors (Lipinski definition) is 1. The number of nitrogen functional groups attached to an aromatic ring is 1. The van der Waals surface area contributed by atoms with Gasteiger partial charge in [0.1, 0.15) is 9.39 Å². The number of nitrogens with two attached hydrogens (primary N) is 1. The number of alkyl halides is 2. The predicted octanol–water partition coefficient (Wildman–Crippen LogP) is 2.35. The van der Waals surface area contributed by atoms with Crippen LogP contribution in [-0.2, 0) is 0 Å². The van der Waals surface area contributed by atoms with Crippen LogP contribution in [0.3, 0.4) is 0 Å². The highest BCUT2D eigenvalue weighted by Crippen LogP contribution is 2.26. The fourth-order valence-corrected chi connectivity index (χ4v) is 1.03. The maximum atomic E-state index is 12.9. The van der Waals surface area contributed by atoms with E-state index in [0.29, 0.717) is 0 Å². The summed E-state index contributed by atoms with van der Waals surface area (Å²) in [6.07, 6.45) is -2.09. The summed E-state index contributed by atoms with van der Waals surface area (Å²) < 4.78 is 37.1. The second-order valence-corrected chi connectivity index (χ2v) is 3.05. The van der Waals surface area contributed by atoms with Gasteiger partial charge >= 0.3 is 0 Å². The Bertz CT molecular complexity index is 303.